The Morgan fingerprint density at radius 3 is 2.95 bits per heavy atom. The quantitative estimate of drug-likeness (QED) is 0.896. The monoisotopic (exact) mass is 272 g/mol. The largest absolute Gasteiger partial charge is 0.322 e. The van der Waals surface area contributed by atoms with Crippen LogP contribution in [0.5, 0.6) is 0 Å². The molecular formula is C13H12N4OS. The first-order valence-electron chi connectivity index (χ1n) is 5.88. The third kappa shape index (κ3) is 2.68. The van der Waals surface area contributed by atoms with E-state index in [9.17, 15) is 4.79 Å². The van der Waals surface area contributed by atoms with E-state index >= 15 is 0 Å². The van der Waals surface area contributed by atoms with E-state index in [1.807, 2.05) is 30.3 Å². The lowest BCUT2D eigenvalue weighted by Gasteiger charge is -2.05. The Kier molecular flexibility index (Phi) is 3.33. The summed E-state index contributed by atoms with van der Waals surface area (Å²) < 4.78 is 0. The third-order valence-corrected chi connectivity index (χ3v) is 3.84. The fraction of sp³-hybridized carbons (Fsp3) is 0.154. The molecule has 1 atom stereocenters. The van der Waals surface area contributed by atoms with Crippen LogP contribution in [0.1, 0.15) is 5.56 Å². The van der Waals surface area contributed by atoms with Gasteiger partial charge in [-0.2, -0.15) is 5.10 Å². The number of thioether (sulfide) groups is 1. The number of aliphatic imine (C=N–C) groups is 1. The maximum atomic E-state index is 12.0. The normalized spacial score (nSPS) is 18.1. The molecule has 0 saturated heterocycles. The number of hydrogen-bond donors (Lipinski definition) is 2. The van der Waals surface area contributed by atoms with Crippen LogP contribution in [-0.2, 0) is 4.79 Å². The first-order valence-corrected chi connectivity index (χ1v) is 6.87. The molecular weight excluding hydrogens is 260 g/mol. The summed E-state index contributed by atoms with van der Waals surface area (Å²) in [5.74, 6) is 0.577. The van der Waals surface area contributed by atoms with Crippen molar-refractivity contribution in [2.45, 2.75) is 6.04 Å². The van der Waals surface area contributed by atoms with Crippen molar-refractivity contribution in [1.29, 1.82) is 0 Å². The smallest absolute Gasteiger partial charge is 0.250 e. The van der Waals surface area contributed by atoms with Crippen molar-refractivity contribution in [3.8, 4) is 0 Å². The van der Waals surface area contributed by atoms with Gasteiger partial charge in [0, 0.05) is 17.5 Å². The minimum atomic E-state index is -0.338. The number of carbonyl (C=O) groups excluding carboxylic acids is 1. The number of nitrogens with one attached hydrogen (secondary N) is 2. The van der Waals surface area contributed by atoms with Crippen molar-refractivity contribution >= 4 is 28.4 Å². The van der Waals surface area contributed by atoms with Gasteiger partial charge in [0.25, 0.3) is 0 Å². The van der Waals surface area contributed by atoms with E-state index in [0.29, 0.717) is 11.4 Å². The molecule has 1 unspecified atom stereocenters. The van der Waals surface area contributed by atoms with E-state index in [1.165, 1.54) is 0 Å². The lowest BCUT2D eigenvalue weighted by molar-refractivity contribution is -0.116. The zero-order valence-electron chi connectivity index (χ0n) is 10.0. The Morgan fingerprint density at radius 2 is 2.21 bits per heavy atom. The number of aromatic nitrogens is 2. The summed E-state index contributed by atoms with van der Waals surface area (Å²) in [5, 5.41) is 10.1. The Bertz CT molecular complexity index is 594. The van der Waals surface area contributed by atoms with Gasteiger partial charge in [0.15, 0.2) is 0 Å². The van der Waals surface area contributed by atoms with Crippen LogP contribution >= 0.6 is 11.8 Å². The van der Waals surface area contributed by atoms with Crippen LogP contribution in [0.4, 0.5) is 5.69 Å². The molecule has 1 aliphatic heterocycles. The molecule has 1 amide bonds. The molecule has 96 valence electrons. The molecule has 0 radical (unpaired) electrons. The second kappa shape index (κ2) is 5.27. The van der Waals surface area contributed by atoms with Crippen molar-refractivity contribution in [1.82, 2.24) is 10.2 Å². The van der Waals surface area contributed by atoms with Gasteiger partial charge in [0.1, 0.15) is 6.04 Å². The van der Waals surface area contributed by atoms with E-state index < -0.39 is 0 Å². The highest BCUT2D eigenvalue weighted by Crippen LogP contribution is 2.24. The van der Waals surface area contributed by atoms with Gasteiger partial charge in [-0.1, -0.05) is 30.3 Å². The van der Waals surface area contributed by atoms with Crippen LogP contribution < -0.4 is 5.32 Å². The van der Waals surface area contributed by atoms with Crippen molar-refractivity contribution in [3.63, 3.8) is 0 Å². The second-order valence-electron chi connectivity index (χ2n) is 4.10. The van der Waals surface area contributed by atoms with E-state index in [1.54, 1.807) is 24.2 Å². The molecule has 2 aromatic rings. The van der Waals surface area contributed by atoms with Gasteiger partial charge < -0.3 is 5.32 Å². The number of anilines is 1. The number of rotatable bonds is 3. The van der Waals surface area contributed by atoms with Crippen molar-refractivity contribution < 1.29 is 4.79 Å². The van der Waals surface area contributed by atoms with Crippen molar-refractivity contribution in [3.05, 3.63) is 48.3 Å². The summed E-state index contributed by atoms with van der Waals surface area (Å²) in [6.07, 6.45) is 3.21. The van der Waals surface area contributed by atoms with E-state index in [2.05, 4.69) is 20.5 Å². The molecule has 1 aromatic heterocycles. The van der Waals surface area contributed by atoms with Crippen LogP contribution in [-0.4, -0.2) is 32.9 Å². The van der Waals surface area contributed by atoms with E-state index in [0.717, 1.165) is 10.6 Å². The van der Waals surface area contributed by atoms with Gasteiger partial charge >= 0.3 is 0 Å². The highest BCUT2D eigenvalue weighted by Gasteiger charge is 2.25. The number of aromatic amines is 1. The van der Waals surface area contributed by atoms with E-state index in [4.69, 9.17) is 0 Å². The van der Waals surface area contributed by atoms with Crippen LogP contribution in [0, 0.1) is 0 Å². The maximum absolute atomic E-state index is 12.0. The molecule has 3 rings (SSSR count). The highest BCUT2D eigenvalue weighted by molar-refractivity contribution is 8.14. The third-order valence-electron chi connectivity index (χ3n) is 2.74. The predicted octanol–water partition coefficient (Wildman–Crippen LogP) is 1.91. The predicted molar refractivity (Wildman–Crippen MR) is 76.4 cm³/mol. The molecule has 5 nitrogen and oxygen atoms in total. The standard InChI is InChI=1S/C13H12N4OS/c18-12(16-10-6-14-15-7-10)11-8-19-13(17-11)9-4-2-1-3-5-9/h1-7,11H,8H2,(H,14,15)(H,16,18). The number of nitrogens with zero attached hydrogens (tertiary/aromatic N) is 2. The Hall–Kier alpha value is -2.08. The number of hydrogen-bond acceptors (Lipinski definition) is 4. The summed E-state index contributed by atoms with van der Waals surface area (Å²) in [4.78, 5) is 16.5. The SMILES string of the molecule is O=C(Nc1cn[nH]c1)C1CSC(c2ccccc2)=N1. The van der Waals surface area contributed by atoms with Crippen LogP contribution in [0.15, 0.2) is 47.7 Å². The first kappa shape index (κ1) is 12.0. The lowest BCUT2D eigenvalue weighted by Crippen LogP contribution is -2.26. The molecule has 0 saturated carbocycles. The molecule has 6 heteroatoms. The number of carbonyl (C=O) groups is 1. The molecule has 0 bridgehead atoms. The Balaban J connectivity index is 1.71. The molecule has 2 heterocycles. The molecule has 0 aliphatic carbocycles. The summed E-state index contributed by atoms with van der Waals surface area (Å²) in [7, 11) is 0. The molecule has 0 spiro atoms. The van der Waals surface area contributed by atoms with Crippen molar-refractivity contribution in [2.24, 2.45) is 4.99 Å². The van der Waals surface area contributed by atoms with Gasteiger partial charge in [0.2, 0.25) is 5.91 Å². The van der Waals surface area contributed by atoms with Crippen LogP contribution in [0.3, 0.4) is 0 Å². The average Bonchev–Trinajstić information content (AvgIpc) is 3.10. The molecule has 2 N–H and O–H groups in total. The topological polar surface area (TPSA) is 70.1 Å². The summed E-state index contributed by atoms with van der Waals surface area (Å²) >= 11 is 1.61. The summed E-state index contributed by atoms with van der Waals surface area (Å²) in [5.41, 5.74) is 1.73. The number of H-pyrrole nitrogens is 1. The summed E-state index contributed by atoms with van der Waals surface area (Å²) in [6.45, 7) is 0. The van der Waals surface area contributed by atoms with Gasteiger partial charge in [-0.3, -0.25) is 14.9 Å². The minimum absolute atomic E-state index is 0.0974. The maximum Gasteiger partial charge on any atom is 0.250 e. The second-order valence-corrected chi connectivity index (χ2v) is 5.11. The fourth-order valence-corrected chi connectivity index (χ4v) is 2.84. The highest BCUT2D eigenvalue weighted by atomic mass is 32.2. The molecule has 19 heavy (non-hydrogen) atoms. The molecule has 1 aromatic carbocycles. The lowest BCUT2D eigenvalue weighted by atomic mass is 10.2. The summed E-state index contributed by atoms with van der Waals surface area (Å²) in [6, 6.07) is 9.57. The van der Waals surface area contributed by atoms with E-state index in [-0.39, 0.29) is 11.9 Å². The van der Waals surface area contributed by atoms with Gasteiger partial charge in [-0.25, -0.2) is 0 Å². The van der Waals surface area contributed by atoms with Crippen LogP contribution in [0.25, 0.3) is 0 Å². The average molecular weight is 272 g/mol. The Morgan fingerprint density at radius 1 is 1.37 bits per heavy atom. The van der Waals surface area contributed by atoms with Gasteiger partial charge in [-0.15, -0.1) is 11.8 Å². The molecule has 1 aliphatic rings. The zero-order chi connectivity index (χ0) is 13.1. The van der Waals surface area contributed by atoms with Gasteiger partial charge in [-0.05, 0) is 0 Å². The number of amides is 1. The van der Waals surface area contributed by atoms with Crippen molar-refractivity contribution in [2.75, 3.05) is 11.1 Å². The number of benzene rings is 1. The minimum Gasteiger partial charge on any atom is -0.322 e. The Labute approximate surface area is 114 Å². The van der Waals surface area contributed by atoms with Crippen LogP contribution in [0.2, 0.25) is 0 Å². The fourth-order valence-electron chi connectivity index (χ4n) is 1.79. The zero-order valence-corrected chi connectivity index (χ0v) is 10.9. The first-order chi connectivity index (χ1) is 9.33. The molecule has 0 fully saturated rings. The van der Waals surface area contributed by atoms with Gasteiger partial charge in [0.05, 0.1) is 16.9 Å².